The highest BCUT2D eigenvalue weighted by Gasteiger charge is 2.45. The van der Waals surface area contributed by atoms with Gasteiger partial charge in [0.2, 0.25) is 0 Å². The van der Waals surface area contributed by atoms with E-state index < -0.39 is 11.6 Å². The van der Waals surface area contributed by atoms with E-state index in [2.05, 4.69) is 19.2 Å². The Morgan fingerprint density at radius 3 is 2.24 bits per heavy atom. The number of benzene rings is 1. The van der Waals surface area contributed by atoms with E-state index in [0.29, 0.717) is 12.5 Å². The van der Waals surface area contributed by atoms with Gasteiger partial charge in [0.15, 0.2) is 11.6 Å². The van der Waals surface area contributed by atoms with Gasteiger partial charge in [0.25, 0.3) is 0 Å². The minimum Gasteiger partial charge on any atom is -0.399 e. The molecular formula is C13H18F2N2. The van der Waals surface area contributed by atoms with Gasteiger partial charge in [-0.05, 0) is 36.3 Å². The summed E-state index contributed by atoms with van der Waals surface area (Å²) in [7, 11) is 0. The summed E-state index contributed by atoms with van der Waals surface area (Å²) in [5.74, 6) is -0.723. The van der Waals surface area contributed by atoms with E-state index in [4.69, 9.17) is 5.73 Å². The van der Waals surface area contributed by atoms with E-state index in [1.54, 1.807) is 0 Å². The van der Waals surface area contributed by atoms with E-state index >= 15 is 0 Å². The molecule has 1 aromatic carbocycles. The first-order valence-corrected chi connectivity index (χ1v) is 5.93. The van der Waals surface area contributed by atoms with Gasteiger partial charge in [-0.2, -0.15) is 0 Å². The molecule has 0 aromatic heterocycles. The summed E-state index contributed by atoms with van der Waals surface area (Å²) in [4.78, 5) is 0. The molecule has 0 aliphatic heterocycles. The lowest BCUT2D eigenvalue weighted by Gasteiger charge is -2.21. The lowest BCUT2D eigenvalue weighted by molar-refractivity contribution is 0.379. The molecule has 0 unspecified atom stereocenters. The fraction of sp³-hybridized carbons (Fsp3) is 0.538. The topological polar surface area (TPSA) is 38.0 Å². The van der Waals surface area contributed by atoms with E-state index in [0.717, 1.165) is 25.0 Å². The summed E-state index contributed by atoms with van der Waals surface area (Å²) in [5, 5.41) is 2.89. The van der Waals surface area contributed by atoms with Crippen LogP contribution < -0.4 is 11.1 Å². The van der Waals surface area contributed by atoms with E-state index in [9.17, 15) is 8.78 Å². The maximum absolute atomic E-state index is 13.5. The van der Waals surface area contributed by atoms with E-state index in [1.165, 1.54) is 0 Å². The second-order valence-electron chi connectivity index (χ2n) is 5.23. The number of nitrogen functional groups attached to an aromatic ring is 1. The van der Waals surface area contributed by atoms with Gasteiger partial charge in [-0.25, -0.2) is 8.78 Å². The summed E-state index contributed by atoms with van der Waals surface area (Å²) in [6.07, 6.45) is 2.24. The summed E-state index contributed by atoms with van der Waals surface area (Å²) in [6.45, 7) is 4.90. The van der Waals surface area contributed by atoms with Crippen molar-refractivity contribution in [3.63, 3.8) is 0 Å². The normalized spacial score (nSPS) is 17.2. The maximum Gasteiger partial charge on any atom is 0.151 e. The largest absolute Gasteiger partial charge is 0.399 e. The van der Waals surface area contributed by atoms with Crippen molar-refractivity contribution in [2.75, 3.05) is 17.6 Å². The van der Waals surface area contributed by atoms with Gasteiger partial charge in [0, 0.05) is 12.2 Å². The highest BCUT2D eigenvalue weighted by atomic mass is 19.1. The first-order valence-electron chi connectivity index (χ1n) is 5.93. The molecule has 0 saturated heterocycles. The molecule has 1 aromatic rings. The van der Waals surface area contributed by atoms with Crippen molar-refractivity contribution in [2.45, 2.75) is 26.7 Å². The second-order valence-corrected chi connectivity index (χ2v) is 5.23. The van der Waals surface area contributed by atoms with Crippen molar-refractivity contribution in [3.05, 3.63) is 23.8 Å². The molecule has 17 heavy (non-hydrogen) atoms. The summed E-state index contributed by atoms with van der Waals surface area (Å²) >= 11 is 0. The SMILES string of the molecule is CC(C)C1(CNc2c(F)cc(N)cc2F)CC1. The highest BCUT2D eigenvalue weighted by molar-refractivity contribution is 5.54. The van der Waals surface area contributed by atoms with Crippen molar-refractivity contribution >= 4 is 11.4 Å². The Morgan fingerprint density at radius 2 is 1.82 bits per heavy atom. The molecule has 1 aliphatic rings. The maximum atomic E-state index is 13.5. The molecule has 0 amide bonds. The quantitative estimate of drug-likeness (QED) is 0.792. The van der Waals surface area contributed by atoms with Gasteiger partial charge in [-0.15, -0.1) is 0 Å². The van der Waals surface area contributed by atoms with Crippen LogP contribution >= 0.6 is 0 Å². The number of nitrogens with one attached hydrogen (secondary N) is 1. The molecule has 1 saturated carbocycles. The van der Waals surface area contributed by atoms with Gasteiger partial charge >= 0.3 is 0 Å². The minimum atomic E-state index is -0.623. The summed E-state index contributed by atoms with van der Waals surface area (Å²) < 4.78 is 27.1. The summed E-state index contributed by atoms with van der Waals surface area (Å²) in [5.41, 5.74) is 5.61. The van der Waals surface area contributed by atoms with Crippen LogP contribution in [0.4, 0.5) is 20.2 Å². The third kappa shape index (κ3) is 2.35. The number of anilines is 2. The van der Waals surface area contributed by atoms with Crippen LogP contribution in [0.15, 0.2) is 12.1 Å². The van der Waals surface area contributed by atoms with E-state index in [-0.39, 0.29) is 16.8 Å². The molecule has 0 spiro atoms. The predicted molar refractivity (Wildman–Crippen MR) is 65.8 cm³/mol. The van der Waals surface area contributed by atoms with Gasteiger partial charge in [0.05, 0.1) is 0 Å². The lowest BCUT2D eigenvalue weighted by Crippen LogP contribution is -2.21. The molecular weight excluding hydrogens is 222 g/mol. The standard InChI is InChI=1S/C13H18F2N2/c1-8(2)13(3-4-13)7-17-12-10(14)5-9(16)6-11(12)15/h5-6,8,17H,3-4,7,16H2,1-2H3. The smallest absolute Gasteiger partial charge is 0.151 e. The Bertz CT molecular complexity index is 402. The van der Waals surface area contributed by atoms with Crippen LogP contribution in [0.25, 0.3) is 0 Å². The molecule has 2 nitrogen and oxygen atoms in total. The van der Waals surface area contributed by atoms with Gasteiger partial charge < -0.3 is 11.1 Å². The first kappa shape index (κ1) is 12.1. The number of hydrogen-bond donors (Lipinski definition) is 2. The molecule has 0 atom stereocenters. The van der Waals surface area contributed by atoms with Gasteiger partial charge in [0.1, 0.15) is 5.69 Å². The average molecular weight is 240 g/mol. The molecule has 0 bridgehead atoms. The van der Waals surface area contributed by atoms with Crippen LogP contribution in [0.2, 0.25) is 0 Å². The number of halogens is 2. The molecule has 4 heteroatoms. The molecule has 1 aliphatic carbocycles. The Labute approximate surface area is 100 Å². The number of nitrogens with two attached hydrogens (primary N) is 1. The van der Waals surface area contributed by atoms with Crippen LogP contribution in [-0.2, 0) is 0 Å². The first-order chi connectivity index (χ1) is 7.94. The molecule has 3 N–H and O–H groups in total. The van der Waals surface area contributed by atoms with Crippen LogP contribution in [0.5, 0.6) is 0 Å². The van der Waals surface area contributed by atoms with Crippen molar-refractivity contribution in [1.29, 1.82) is 0 Å². The van der Waals surface area contributed by atoms with E-state index in [1.807, 2.05) is 0 Å². The minimum absolute atomic E-state index is 0.0638. The summed E-state index contributed by atoms with van der Waals surface area (Å²) in [6, 6.07) is 2.28. The van der Waals surface area contributed by atoms with Crippen LogP contribution in [0.3, 0.4) is 0 Å². The third-order valence-electron chi connectivity index (χ3n) is 3.80. The van der Waals surface area contributed by atoms with Crippen LogP contribution in [0, 0.1) is 23.0 Å². The zero-order valence-electron chi connectivity index (χ0n) is 10.2. The molecule has 1 fully saturated rings. The Balaban J connectivity index is 2.10. The van der Waals surface area contributed by atoms with Gasteiger partial charge in [-0.1, -0.05) is 13.8 Å². The third-order valence-corrected chi connectivity index (χ3v) is 3.80. The number of rotatable bonds is 4. The Kier molecular flexibility index (Phi) is 2.98. The van der Waals surface area contributed by atoms with Gasteiger partial charge in [-0.3, -0.25) is 0 Å². The Hall–Kier alpha value is -1.32. The molecule has 94 valence electrons. The monoisotopic (exact) mass is 240 g/mol. The molecule has 0 heterocycles. The molecule has 2 rings (SSSR count). The second kappa shape index (κ2) is 4.17. The Morgan fingerprint density at radius 1 is 1.29 bits per heavy atom. The van der Waals surface area contributed by atoms with Crippen molar-refractivity contribution in [3.8, 4) is 0 Å². The lowest BCUT2D eigenvalue weighted by atomic mass is 9.92. The fourth-order valence-corrected chi connectivity index (χ4v) is 2.14. The van der Waals surface area contributed by atoms with Crippen molar-refractivity contribution in [2.24, 2.45) is 11.3 Å². The number of hydrogen-bond acceptors (Lipinski definition) is 2. The fourth-order valence-electron chi connectivity index (χ4n) is 2.14. The van der Waals surface area contributed by atoms with Crippen molar-refractivity contribution < 1.29 is 8.78 Å². The zero-order chi connectivity index (χ0) is 12.6. The predicted octanol–water partition coefficient (Wildman–Crippen LogP) is 3.40. The zero-order valence-corrected chi connectivity index (χ0v) is 10.2. The van der Waals surface area contributed by atoms with Crippen LogP contribution in [0.1, 0.15) is 26.7 Å². The molecule has 0 radical (unpaired) electrons. The van der Waals surface area contributed by atoms with Crippen LogP contribution in [-0.4, -0.2) is 6.54 Å². The average Bonchev–Trinajstić information content (AvgIpc) is 2.96. The van der Waals surface area contributed by atoms with Crippen molar-refractivity contribution in [1.82, 2.24) is 0 Å². The highest BCUT2D eigenvalue weighted by Crippen LogP contribution is 2.51.